The molecule has 0 spiro atoms. The van der Waals surface area contributed by atoms with Gasteiger partial charge in [0, 0.05) is 16.1 Å². The Bertz CT molecular complexity index is 754. The minimum Gasteiger partial charge on any atom is -0.344 e. The first-order chi connectivity index (χ1) is 9.77. The van der Waals surface area contributed by atoms with Crippen molar-refractivity contribution in [3.05, 3.63) is 45.9 Å². The largest absolute Gasteiger partial charge is 0.344 e. The van der Waals surface area contributed by atoms with Gasteiger partial charge >= 0.3 is 0 Å². The molecule has 0 fully saturated rings. The number of hydrogen-bond donors (Lipinski definition) is 1. The summed E-state index contributed by atoms with van der Waals surface area (Å²) in [4.78, 5) is 16.1. The lowest BCUT2D eigenvalue weighted by molar-refractivity contribution is 0.0935. The molecule has 0 radical (unpaired) electrons. The predicted molar refractivity (Wildman–Crippen MR) is 82.2 cm³/mol. The standard InChI is InChI=1S/C13H13ClN2O3S2/c1-8(15-13(17)12-7-20-9(2)16-12)10-3-5-11(6-4-10)21(14,18)19/h3-8H,1-2H3,(H,15,17). The Morgan fingerprint density at radius 2 is 1.95 bits per heavy atom. The highest BCUT2D eigenvalue weighted by Crippen LogP contribution is 2.19. The molecule has 1 heterocycles. The Balaban J connectivity index is 2.10. The van der Waals surface area contributed by atoms with E-state index in [1.54, 1.807) is 24.4 Å². The highest BCUT2D eigenvalue weighted by Gasteiger charge is 2.15. The normalized spacial score (nSPS) is 12.9. The minimum atomic E-state index is -3.73. The fourth-order valence-corrected chi connectivity index (χ4v) is 3.10. The summed E-state index contributed by atoms with van der Waals surface area (Å²) in [6.07, 6.45) is 0. The van der Waals surface area contributed by atoms with Crippen molar-refractivity contribution in [3.8, 4) is 0 Å². The van der Waals surface area contributed by atoms with E-state index in [9.17, 15) is 13.2 Å². The lowest BCUT2D eigenvalue weighted by Crippen LogP contribution is -2.26. The number of halogens is 1. The molecule has 1 unspecified atom stereocenters. The smallest absolute Gasteiger partial charge is 0.271 e. The number of aromatic nitrogens is 1. The van der Waals surface area contributed by atoms with Crippen molar-refractivity contribution in [2.24, 2.45) is 0 Å². The number of benzene rings is 1. The maximum Gasteiger partial charge on any atom is 0.271 e. The molecule has 21 heavy (non-hydrogen) atoms. The molecule has 0 saturated carbocycles. The summed E-state index contributed by atoms with van der Waals surface area (Å²) in [7, 11) is 1.52. The molecule has 0 aliphatic rings. The van der Waals surface area contributed by atoms with Crippen LogP contribution in [0.25, 0.3) is 0 Å². The van der Waals surface area contributed by atoms with Crippen LogP contribution >= 0.6 is 22.0 Å². The third kappa shape index (κ3) is 4.03. The Morgan fingerprint density at radius 1 is 1.33 bits per heavy atom. The van der Waals surface area contributed by atoms with Crippen molar-refractivity contribution in [3.63, 3.8) is 0 Å². The Hall–Kier alpha value is -1.44. The minimum absolute atomic E-state index is 0.0292. The molecule has 1 aromatic heterocycles. The SMILES string of the molecule is Cc1nc(C(=O)NC(C)c2ccc(S(=O)(=O)Cl)cc2)cs1. The van der Waals surface area contributed by atoms with Crippen molar-refractivity contribution in [1.29, 1.82) is 0 Å². The molecule has 2 aromatic rings. The molecule has 1 atom stereocenters. The second-order valence-corrected chi connectivity index (χ2v) is 8.08. The molecule has 112 valence electrons. The maximum atomic E-state index is 12.0. The quantitative estimate of drug-likeness (QED) is 0.865. The summed E-state index contributed by atoms with van der Waals surface area (Å²) in [6, 6.07) is 5.78. The number of aryl methyl sites for hydroxylation is 1. The summed E-state index contributed by atoms with van der Waals surface area (Å²) < 4.78 is 22.3. The van der Waals surface area contributed by atoms with Crippen LogP contribution in [0.3, 0.4) is 0 Å². The number of nitrogens with one attached hydrogen (secondary N) is 1. The average Bonchev–Trinajstić information content (AvgIpc) is 2.84. The summed E-state index contributed by atoms with van der Waals surface area (Å²) in [5.41, 5.74) is 1.16. The maximum absolute atomic E-state index is 12.0. The van der Waals surface area contributed by atoms with Crippen molar-refractivity contribution in [2.75, 3.05) is 0 Å². The van der Waals surface area contributed by atoms with E-state index in [4.69, 9.17) is 10.7 Å². The number of rotatable bonds is 4. The number of amides is 1. The van der Waals surface area contributed by atoms with Crippen molar-refractivity contribution in [1.82, 2.24) is 10.3 Å². The Morgan fingerprint density at radius 3 is 2.43 bits per heavy atom. The van der Waals surface area contributed by atoms with Gasteiger partial charge < -0.3 is 5.32 Å². The zero-order valence-corrected chi connectivity index (χ0v) is 13.7. The third-order valence-corrected chi connectivity index (χ3v) is 5.00. The van der Waals surface area contributed by atoms with Gasteiger partial charge in [0.05, 0.1) is 15.9 Å². The highest BCUT2D eigenvalue weighted by atomic mass is 35.7. The summed E-state index contributed by atoms with van der Waals surface area (Å²) in [5, 5.41) is 5.33. The van der Waals surface area contributed by atoms with Gasteiger partial charge in [-0.1, -0.05) is 12.1 Å². The average molecular weight is 345 g/mol. The number of carbonyl (C=O) groups is 1. The van der Waals surface area contributed by atoms with E-state index < -0.39 is 9.05 Å². The Kier molecular flexibility index (Phi) is 4.65. The first kappa shape index (κ1) is 15.9. The first-order valence-electron chi connectivity index (χ1n) is 6.05. The van der Waals surface area contributed by atoms with Gasteiger partial charge in [-0.2, -0.15) is 0 Å². The van der Waals surface area contributed by atoms with E-state index >= 15 is 0 Å². The van der Waals surface area contributed by atoms with Gasteiger partial charge in [0.15, 0.2) is 0 Å². The van der Waals surface area contributed by atoms with Gasteiger partial charge in [-0.15, -0.1) is 11.3 Å². The van der Waals surface area contributed by atoms with Crippen molar-refractivity contribution < 1.29 is 13.2 Å². The molecule has 1 N–H and O–H groups in total. The van der Waals surface area contributed by atoms with E-state index in [-0.39, 0.29) is 16.8 Å². The number of carbonyl (C=O) groups excluding carboxylic acids is 1. The summed E-state index contributed by atoms with van der Waals surface area (Å²) in [5.74, 6) is -0.263. The monoisotopic (exact) mass is 344 g/mol. The van der Waals surface area contributed by atoms with Crippen LogP contribution in [-0.4, -0.2) is 19.3 Å². The number of nitrogens with zero attached hydrogens (tertiary/aromatic N) is 1. The molecule has 0 aliphatic carbocycles. The highest BCUT2D eigenvalue weighted by molar-refractivity contribution is 8.13. The van der Waals surface area contributed by atoms with E-state index in [1.807, 2.05) is 6.92 Å². The van der Waals surface area contributed by atoms with Crippen LogP contribution in [0.5, 0.6) is 0 Å². The number of hydrogen-bond acceptors (Lipinski definition) is 5. The van der Waals surface area contributed by atoms with Crippen LogP contribution in [0, 0.1) is 6.92 Å². The van der Waals surface area contributed by atoms with E-state index in [0.29, 0.717) is 5.69 Å². The van der Waals surface area contributed by atoms with Crippen molar-refractivity contribution >= 4 is 37.0 Å². The molecule has 1 amide bonds. The van der Waals surface area contributed by atoms with Gasteiger partial charge in [-0.05, 0) is 31.5 Å². The van der Waals surface area contributed by atoms with Crippen LogP contribution in [0.4, 0.5) is 0 Å². The number of thiazole rings is 1. The lowest BCUT2D eigenvalue weighted by atomic mass is 10.1. The molecule has 0 saturated heterocycles. The first-order valence-corrected chi connectivity index (χ1v) is 9.24. The van der Waals surface area contributed by atoms with Crippen LogP contribution in [-0.2, 0) is 9.05 Å². The molecule has 8 heteroatoms. The van der Waals surface area contributed by atoms with Gasteiger partial charge in [0.2, 0.25) is 0 Å². The van der Waals surface area contributed by atoms with Gasteiger partial charge in [-0.3, -0.25) is 4.79 Å². The zero-order valence-electron chi connectivity index (χ0n) is 11.3. The van der Waals surface area contributed by atoms with E-state index in [0.717, 1.165) is 10.6 Å². The topological polar surface area (TPSA) is 76.1 Å². The second-order valence-electron chi connectivity index (χ2n) is 4.45. The van der Waals surface area contributed by atoms with E-state index in [1.165, 1.54) is 23.5 Å². The van der Waals surface area contributed by atoms with Crippen LogP contribution in [0.15, 0.2) is 34.5 Å². The lowest BCUT2D eigenvalue weighted by Gasteiger charge is -2.13. The van der Waals surface area contributed by atoms with E-state index in [2.05, 4.69) is 10.3 Å². The fraction of sp³-hybridized carbons (Fsp3) is 0.231. The molecular weight excluding hydrogens is 332 g/mol. The third-order valence-electron chi connectivity index (χ3n) is 2.86. The molecule has 1 aromatic carbocycles. The second kappa shape index (κ2) is 6.13. The van der Waals surface area contributed by atoms with Crippen LogP contribution < -0.4 is 5.32 Å². The molecule has 5 nitrogen and oxygen atoms in total. The van der Waals surface area contributed by atoms with Gasteiger partial charge in [-0.25, -0.2) is 13.4 Å². The van der Waals surface area contributed by atoms with Gasteiger partial charge in [0.25, 0.3) is 15.0 Å². The zero-order chi connectivity index (χ0) is 15.6. The van der Waals surface area contributed by atoms with Crippen LogP contribution in [0.1, 0.15) is 34.0 Å². The molecule has 0 aliphatic heterocycles. The van der Waals surface area contributed by atoms with Crippen LogP contribution in [0.2, 0.25) is 0 Å². The molecular formula is C13H13ClN2O3S2. The summed E-state index contributed by atoms with van der Waals surface area (Å²) >= 11 is 1.41. The summed E-state index contributed by atoms with van der Waals surface area (Å²) in [6.45, 7) is 3.64. The van der Waals surface area contributed by atoms with Gasteiger partial charge in [0.1, 0.15) is 5.69 Å². The predicted octanol–water partition coefficient (Wildman–Crippen LogP) is 2.87. The fourth-order valence-electron chi connectivity index (χ4n) is 1.74. The van der Waals surface area contributed by atoms with Crippen molar-refractivity contribution in [2.45, 2.75) is 24.8 Å². The molecule has 0 bridgehead atoms. The Labute approximate surface area is 131 Å². The molecule has 2 rings (SSSR count).